The van der Waals surface area contributed by atoms with Gasteiger partial charge in [-0.15, -0.1) is 0 Å². The summed E-state index contributed by atoms with van der Waals surface area (Å²) in [6.45, 7) is 6.14. The Balaban J connectivity index is 2.47. The third-order valence-corrected chi connectivity index (χ3v) is 5.49. The Bertz CT molecular complexity index is 236. The van der Waals surface area contributed by atoms with E-state index in [9.17, 15) is 0 Å². The summed E-state index contributed by atoms with van der Waals surface area (Å²) in [5, 5.41) is 0. The zero-order chi connectivity index (χ0) is 11.1. The van der Waals surface area contributed by atoms with Crippen LogP contribution in [0.2, 0.25) is 0 Å². The fourth-order valence-electron chi connectivity index (χ4n) is 4.48. The lowest BCUT2D eigenvalue weighted by atomic mass is 9.55. The first-order valence-corrected chi connectivity index (χ1v) is 6.29. The molecule has 0 aliphatic heterocycles. The molecule has 0 heterocycles. The van der Waals surface area contributed by atoms with Gasteiger partial charge in [-0.1, -0.05) is 26.0 Å². The molecule has 15 heavy (non-hydrogen) atoms. The molecule has 0 spiro atoms. The zero-order valence-electron chi connectivity index (χ0n) is 10.00. The summed E-state index contributed by atoms with van der Waals surface area (Å²) in [6, 6.07) is 0. The third kappa shape index (κ3) is 1.07. The van der Waals surface area contributed by atoms with Crippen molar-refractivity contribution in [2.75, 3.05) is 13.1 Å². The van der Waals surface area contributed by atoms with E-state index >= 15 is 0 Å². The van der Waals surface area contributed by atoms with Gasteiger partial charge in [0, 0.05) is 0 Å². The smallest absolute Gasteiger partial charge is 0.000895 e. The van der Waals surface area contributed by atoms with Crippen LogP contribution in [0, 0.1) is 22.7 Å². The van der Waals surface area contributed by atoms with Crippen molar-refractivity contribution >= 4 is 0 Å². The van der Waals surface area contributed by atoms with Crippen molar-refractivity contribution in [3.8, 4) is 0 Å². The Morgan fingerprint density at radius 2 is 1.40 bits per heavy atom. The maximum absolute atomic E-state index is 6.10. The Hall–Kier alpha value is -0.340. The Morgan fingerprint density at radius 1 is 1.00 bits per heavy atom. The van der Waals surface area contributed by atoms with E-state index in [2.05, 4.69) is 26.0 Å². The highest BCUT2D eigenvalue weighted by atomic mass is 14.8. The molecule has 0 aromatic rings. The van der Waals surface area contributed by atoms with Crippen LogP contribution in [0.15, 0.2) is 12.2 Å². The quantitative estimate of drug-likeness (QED) is 0.693. The fourth-order valence-corrected chi connectivity index (χ4v) is 4.48. The number of allylic oxidation sites excluding steroid dienone is 2. The number of hydrogen-bond acceptors (Lipinski definition) is 2. The van der Waals surface area contributed by atoms with Crippen LogP contribution in [0.3, 0.4) is 0 Å². The van der Waals surface area contributed by atoms with Crippen molar-refractivity contribution in [2.24, 2.45) is 34.1 Å². The summed E-state index contributed by atoms with van der Waals surface area (Å²) in [4.78, 5) is 0. The van der Waals surface area contributed by atoms with Crippen LogP contribution < -0.4 is 11.5 Å². The van der Waals surface area contributed by atoms with Gasteiger partial charge in [0.1, 0.15) is 0 Å². The van der Waals surface area contributed by atoms with Crippen LogP contribution in [0.4, 0.5) is 0 Å². The summed E-state index contributed by atoms with van der Waals surface area (Å²) in [7, 11) is 0. The van der Waals surface area contributed by atoms with Gasteiger partial charge < -0.3 is 11.5 Å². The molecule has 4 atom stereocenters. The first-order valence-electron chi connectivity index (χ1n) is 6.29. The molecule has 0 radical (unpaired) electrons. The predicted octanol–water partition coefficient (Wildman–Crippen LogP) is 1.90. The summed E-state index contributed by atoms with van der Waals surface area (Å²) in [5.41, 5.74) is 12.8. The number of hydrogen-bond donors (Lipinski definition) is 2. The van der Waals surface area contributed by atoms with Crippen LogP contribution in [0.1, 0.15) is 33.1 Å². The van der Waals surface area contributed by atoms with Crippen LogP contribution in [0.5, 0.6) is 0 Å². The molecule has 2 aliphatic rings. The SMILES string of the molecule is CCC1(CN)C2C=CC(C2)C1(CC)CN. The second-order valence-electron chi connectivity index (χ2n) is 5.26. The molecule has 4 unspecified atom stereocenters. The molecule has 4 N–H and O–H groups in total. The van der Waals surface area contributed by atoms with E-state index in [1.165, 1.54) is 19.3 Å². The van der Waals surface area contributed by atoms with Gasteiger partial charge in [0.2, 0.25) is 0 Å². The number of fused-ring (bicyclic) bond motifs is 2. The average Bonchev–Trinajstić information content (AvgIpc) is 2.85. The van der Waals surface area contributed by atoms with Gasteiger partial charge in [0.15, 0.2) is 0 Å². The predicted molar refractivity (Wildman–Crippen MR) is 64.3 cm³/mol. The highest BCUT2D eigenvalue weighted by molar-refractivity contribution is 5.25. The maximum atomic E-state index is 6.10. The molecular formula is C13H24N2. The Morgan fingerprint density at radius 3 is 1.67 bits per heavy atom. The van der Waals surface area contributed by atoms with Crippen LogP contribution in [-0.2, 0) is 0 Å². The molecule has 0 aromatic heterocycles. The van der Waals surface area contributed by atoms with E-state index in [1.54, 1.807) is 0 Å². The first kappa shape index (κ1) is 11.2. The molecule has 2 rings (SSSR count). The minimum absolute atomic E-state index is 0.274. The number of rotatable bonds is 4. The second-order valence-corrected chi connectivity index (χ2v) is 5.26. The first-order chi connectivity index (χ1) is 7.20. The molecule has 1 saturated carbocycles. The van der Waals surface area contributed by atoms with Crippen molar-refractivity contribution in [1.29, 1.82) is 0 Å². The molecule has 2 heteroatoms. The average molecular weight is 208 g/mol. The lowest BCUT2D eigenvalue weighted by Gasteiger charge is -2.50. The topological polar surface area (TPSA) is 52.0 Å². The lowest BCUT2D eigenvalue weighted by molar-refractivity contribution is 0.0261. The summed E-state index contributed by atoms with van der Waals surface area (Å²) in [6.07, 6.45) is 8.41. The molecule has 2 aliphatic carbocycles. The summed E-state index contributed by atoms with van der Waals surface area (Å²) >= 11 is 0. The normalized spacial score (nSPS) is 47.7. The van der Waals surface area contributed by atoms with E-state index in [4.69, 9.17) is 11.5 Å². The molecule has 0 amide bonds. The molecule has 2 nitrogen and oxygen atoms in total. The second kappa shape index (κ2) is 3.60. The summed E-state index contributed by atoms with van der Waals surface area (Å²) in [5.74, 6) is 1.36. The molecule has 2 bridgehead atoms. The van der Waals surface area contributed by atoms with E-state index in [0.29, 0.717) is 11.8 Å². The van der Waals surface area contributed by atoms with Crippen LogP contribution in [0.25, 0.3) is 0 Å². The van der Waals surface area contributed by atoms with Crippen LogP contribution >= 0.6 is 0 Å². The molecule has 0 saturated heterocycles. The zero-order valence-corrected chi connectivity index (χ0v) is 10.00. The standard InChI is InChI=1S/C13H24N2/c1-3-12(8-14)10-5-6-11(7-10)13(12,4-2)9-15/h5-6,10-11H,3-4,7-9,14-15H2,1-2H3. The Kier molecular flexibility index (Phi) is 2.68. The highest BCUT2D eigenvalue weighted by Crippen LogP contribution is 2.65. The molecular weight excluding hydrogens is 184 g/mol. The van der Waals surface area contributed by atoms with Crippen molar-refractivity contribution in [3.63, 3.8) is 0 Å². The van der Waals surface area contributed by atoms with Crippen LogP contribution in [-0.4, -0.2) is 13.1 Å². The van der Waals surface area contributed by atoms with Gasteiger partial charge in [-0.25, -0.2) is 0 Å². The molecule has 86 valence electrons. The van der Waals surface area contributed by atoms with E-state index < -0.39 is 0 Å². The number of nitrogens with two attached hydrogens (primary N) is 2. The van der Waals surface area contributed by atoms with E-state index in [0.717, 1.165) is 13.1 Å². The van der Waals surface area contributed by atoms with Gasteiger partial charge in [0.25, 0.3) is 0 Å². The largest absolute Gasteiger partial charge is 0.330 e. The monoisotopic (exact) mass is 208 g/mol. The fraction of sp³-hybridized carbons (Fsp3) is 0.846. The third-order valence-electron chi connectivity index (χ3n) is 5.49. The van der Waals surface area contributed by atoms with Gasteiger partial charge in [-0.3, -0.25) is 0 Å². The van der Waals surface area contributed by atoms with Gasteiger partial charge >= 0.3 is 0 Å². The Labute approximate surface area is 93.1 Å². The van der Waals surface area contributed by atoms with Crippen molar-refractivity contribution < 1.29 is 0 Å². The van der Waals surface area contributed by atoms with Crippen molar-refractivity contribution in [3.05, 3.63) is 12.2 Å². The van der Waals surface area contributed by atoms with Gasteiger partial charge in [-0.05, 0) is 55.0 Å². The minimum Gasteiger partial charge on any atom is -0.330 e. The summed E-state index contributed by atoms with van der Waals surface area (Å²) < 4.78 is 0. The maximum Gasteiger partial charge on any atom is -0.000895 e. The van der Waals surface area contributed by atoms with Crippen molar-refractivity contribution in [1.82, 2.24) is 0 Å². The van der Waals surface area contributed by atoms with Gasteiger partial charge in [-0.2, -0.15) is 0 Å². The lowest BCUT2D eigenvalue weighted by Crippen LogP contribution is -2.53. The molecule has 1 fully saturated rings. The van der Waals surface area contributed by atoms with Crippen molar-refractivity contribution in [2.45, 2.75) is 33.1 Å². The minimum atomic E-state index is 0.274. The van der Waals surface area contributed by atoms with Gasteiger partial charge in [0.05, 0.1) is 0 Å². The van der Waals surface area contributed by atoms with E-state index in [-0.39, 0.29) is 10.8 Å². The van der Waals surface area contributed by atoms with E-state index in [1.807, 2.05) is 0 Å². The highest BCUT2D eigenvalue weighted by Gasteiger charge is 2.62. The molecule has 0 aromatic carbocycles.